The first-order valence-corrected chi connectivity index (χ1v) is 7.02. The predicted molar refractivity (Wildman–Crippen MR) is 71.5 cm³/mol. The fourth-order valence-corrected chi connectivity index (χ4v) is 2.41. The lowest BCUT2D eigenvalue weighted by molar-refractivity contribution is -0.130. The van der Waals surface area contributed by atoms with Crippen molar-refractivity contribution in [3.05, 3.63) is 23.7 Å². The van der Waals surface area contributed by atoms with E-state index in [1.807, 2.05) is 24.8 Å². The highest BCUT2D eigenvalue weighted by atomic mass is 16.3. The average Bonchev–Trinajstić information content (AvgIpc) is 2.92. The van der Waals surface area contributed by atoms with Gasteiger partial charge in [-0.3, -0.25) is 4.79 Å². The largest absolute Gasteiger partial charge is 0.466 e. The van der Waals surface area contributed by atoms with Gasteiger partial charge in [0.25, 0.3) is 0 Å². The van der Waals surface area contributed by atoms with Crippen LogP contribution in [0.15, 0.2) is 16.5 Å². The van der Waals surface area contributed by atoms with E-state index in [2.05, 4.69) is 13.0 Å². The van der Waals surface area contributed by atoms with Gasteiger partial charge in [0.05, 0.1) is 0 Å². The highest BCUT2D eigenvalue weighted by molar-refractivity contribution is 5.76. The summed E-state index contributed by atoms with van der Waals surface area (Å²) in [6.07, 6.45) is 2.51. The third-order valence-corrected chi connectivity index (χ3v) is 3.86. The van der Waals surface area contributed by atoms with Gasteiger partial charge in [0.1, 0.15) is 11.5 Å². The summed E-state index contributed by atoms with van der Waals surface area (Å²) in [5.41, 5.74) is 0. The lowest BCUT2D eigenvalue weighted by Crippen LogP contribution is -2.30. The number of carbonyl (C=O) groups excluding carboxylic acids is 1. The Morgan fingerprint density at radius 3 is 2.61 bits per heavy atom. The van der Waals surface area contributed by atoms with Crippen LogP contribution in [-0.2, 0) is 11.2 Å². The molecule has 1 saturated carbocycles. The Kier molecular flexibility index (Phi) is 4.10. The summed E-state index contributed by atoms with van der Waals surface area (Å²) in [5, 5.41) is 0. The molecule has 1 amide bonds. The van der Waals surface area contributed by atoms with Gasteiger partial charge >= 0.3 is 0 Å². The van der Waals surface area contributed by atoms with Gasteiger partial charge in [0.2, 0.25) is 5.91 Å². The van der Waals surface area contributed by atoms with Crippen molar-refractivity contribution in [3.63, 3.8) is 0 Å². The first kappa shape index (κ1) is 13.2. The number of hydrogen-bond acceptors (Lipinski definition) is 2. The van der Waals surface area contributed by atoms with Crippen LogP contribution >= 0.6 is 0 Å². The van der Waals surface area contributed by atoms with E-state index < -0.39 is 0 Å². The molecule has 0 radical (unpaired) electrons. The summed E-state index contributed by atoms with van der Waals surface area (Å²) in [4.78, 5) is 13.7. The second-order valence-electron chi connectivity index (χ2n) is 5.19. The highest BCUT2D eigenvalue weighted by Crippen LogP contribution is 2.47. The number of furan rings is 1. The Labute approximate surface area is 109 Å². The van der Waals surface area contributed by atoms with Crippen molar-refractivity contribution < 1.29 is 9.21 Å². The van der Waals surface area contributed by atoms with Crippen LogP contribution in [0.5, 0.6) is 0 Å². The summed E-state index contributed by atoms with van der Waals surface area (Å²) in [7, 11) is 0. The molecule has 0 unspecified atom stereocenters. The number of aryl methyl sites for hydroxylation is 1. The number of rotatable bonds is 6. The average molecular weight is 249 g/mol. The Bertz CT molecular complexity index is 406. The number of carbonyl (C=O) groups is 1. The van der Waals surface area contributed by atoms with Crippen LogP contribution in [0.4, 0.5) is 0 Å². The minimum absolute atomic E-state index is 0.220. The smallest absolute Gasteiger partial charge is 0.222 e. The van der Waals surface area contributed by atoms with E-state index in [4.69, 9.17) is 4.42 Å². The number of nitrogens with zero attached hydrogens (tertiary/aromatic N) is 1. The van der Waals surface area contributed by atoms with Gasteiger partial charge in [0, 0.05) is 31.8 Å². The molecule has 3 heteroatoms. The molecule has 1 fully saturated rings. The summed E-state index contributed by atoms with van der Waals surface area (Å²) in [6.45, 7) is 7.86. The molecule has 1 aromatic rings. The zero-order valence-corrected chi connectivity index (χ0v) is 11.6. The van der Waals surface area contributed by atoms with Crippen molar-refractivity contribution in [3.8, 4) is 0 Å². The molecule has 2 rings (SSSR count). The lowest BCUT2D eigenvalue weighted by Gasteiger charge is -2.17. The van der Waals surface area contributed by atoms with E-state index in [-0.39, 0.29) is 5.91 Å². The van der Waals surface area contributed by atoms with E-state index >= 15 is 0 Å². The Morgan fingerprint density at radius 1 is 1.39 bits per heavy atom. The fourth-order valence-electron chi connectivity index (χ4n) is 2.41. The van der Waals surface area contributed by atoms with Crippen LogP contribution < -0.4 is 0 Å². The molecular weight excluding hydrogens is 226 g/mol. The van der Waals surface area contributed by atoms with Crippen LogP contribution in [0.3, 0.4) is 0 Å². The van der Waals surface area contributed by atoms with Crippen molar-refractivity contribution in [2.45, 2.75) is 46.0 Å². The molecule has 18 heavy (non-hydrogen) atoms. The van der Waals surface area contributed by atoms with Crippen LogP contribution in [0.25, 0.3) is 0 Å². The minimum atomic E-state index is 0.220. The Hall–Kier alpha value is -1.25. The first-order chi connectivity index (χ1) is 8.65. The first-order valence-electron chi connectivity index (χ1n) is 7.02. The molecule has 2 atom stereocenters. The van der Waals surface area contributed by atoms with Gasteiger partial charge in [0.15, 0.2) is 0 Å². The molecule has 0 aromatic carbocycles. The van der Waals surface area contributed by atoms with Crippen molar-refractivity contribution >= 4 is 5.91 Å². The third kappa shape index (κ3) is 2.95. The molecule has 0 N–H and O–H groups in total. The van der Waals surface area contributed by atoms with Crippen LogP contribution in [0.2, 0.25) is 0 Å². The molecule has 0 spiro atoms. The molecule has 1 aliphatic carbocycles. The van der Waals surface area contributed by atoms with E-state index in [0.29, 0.717) is 12.3 Å². The summed E-state index contributed by atoms with van der Waals surface area (Å²) < 4.78 is 5.80. The topological polar surface area (TPSA) is 33.5 Å². The third-order valence-electron chi connectivity index (χ3n) is 3.86. The number of amides is 1. The minimum Gasteiger partial charge on any atom is -0.466 e. The molecule has 0 saturated heterocycles. The van der Waals surface area contributed by atoms with E-state index in [1.165, 1.54) is 6.42 Å². The zero-order valence-electron chi connectivity index (χ0n) is 11.6. The van der Waals surface area contributed by atoms with Gasteiger partial charge in [-0.25, -0.2) is 0 Å². The van der Waals surface area contributed by atoms with Crippen molar-refractivity contribution in [2.24, 2.45) is 5.92 Å². The molecule has 1 aromatic heterocycles. The second-order valence-corrected chi connectivity index (χ2v) is 5.19. The van der Waals surface area contributed by atoms with Gasteiger partial charge in [-0.1, -0.05) is 6.92 Å². The highest BCUT2D eigenvalue weighted by Gasteiger charge is 2.36. The standard InChI is InChI=1S/C15H23NO2/c1-4-16(5-2)15(17)9-7-12-6-8-14(18-12)13-10-11(13)3/h6,8,11,13H,4-5,7,9-10H2,1-3H3/t11-,13+/m0/s1. The monoisotopic (exact) mass is 249 g/mol. The maximum Gasteiger partial charge on any atom is 0.222 e. The quantitative estimate of drug-likeness (QED) is 0.775. The van der Waals surface area contributed by atoms with Gasteiger partial charge in [-0.15, -0.1) is 0 Å². The zero-order chi connectivity index (χ0) is 13.1. The Morgan fingerprint density at radius 2 is 2.06 bits per heavy atom. The van der Waals surface area contributed by atoms with Crippen LogP contribution in [0.1, 0.15) is 51.1 Å². The maximum absolute atomic E-state index is 11.9. The molecular formula is C15H23NO2. The van der Waals surface area contributed by atoms with E-state index in [1.54, 1.807) is 0 Å². The molecule has 1 heterocycles. The number of hydrogen-bond donors (Lipinski definition) is 0. The molecule has 100 valence electrons. The summed E-state index contributed by atoms with van der Waals surface area (Å²) in [5.74, 6) is 3.66. The van der Waals surface area contributed by atoms with Crippen LogP contribution in [-0.4, -0.2) is 23.9 Å². The SMILES string of the molecule is CCN(CC)C(=O)CCc1ccc([C@@H]2C[C@@H]2C)o1. The van der Waals surface area contributed by atoms with Gasteiger partial charge < -0.3 is 9.32 Å². The van der Waals surface area contributed by atoms with Crippen molar-refractivity contribution in [2.75, 3.05) is 13.1 Å². The molecule has 1 aliphatic rings. The lowest BCUT2D eigenvalue weighted by atomic mass is 10.2. The van der Waals surface area contributed by atoms with Crippen LogP contribution in [0, 0.1) is 5.92 Å². The van der Waals surface area contributed by atoms with Gasteiger partial charge in [-0.2, -0.15) is 0 Å². The fraction of sp³-hybridized carbons (Fsp3) is 0.667. The van der Waals surface area contributed by atoms with E-state index in [0.717, 1.165) is 36.9 Å². The summed E-state index contributed by atoms with van der Waals surface area (Å²) >= 11 is 0. The van der Waals surface area contributed by atoms with Crippen molar-refractivity contribution in [1.82, 2.24) is 4.90 Å². The summed E-state index contributed by atoms with van der Waals surface area (Å²) in [6, 6.07) is 4.10. The molecule has 0 bridgehead atoms. The maximum atomic E-state index is 11.9. The van der Waals surface area contributed by atoms with E-state index in [9.17, 15) is 4.79 Å². The predicted octanol–water partition coefficient (Wildman–Crippen LogP) is 3.20. The van der Waals surface area contributed by atoms with Crippen molar-refractivity contribution in [1.29, 1.82) is 0 Å². The normalized spacial score (nSPS) is 21.9. The second kappa shape index (κ2) is 5.59. The molecule has 0 aliphatic heterocycles. The Balaban J connectivity index is 1.83. The molecule has 3 nitrogen and oxygen atoms in total. The van der Waals surface area contributed by atoms with Gasteiger partial charge in [-0.05, 0) is 38.3 Å².